The standard InChI is InChI=1S/C18H20F2N4O3S/c1-12(25)22-28-17-4-5-18(26)24(21-17)11-14-10-23(6-7-27-14)9-13-2-3-15(19)16(20)8-13/h2-5,8,14H,6-7,9-11H2,1H3,(H,22,25)/t14-/m0/s1. The molecule has 2 aromatic rings. The predicted octanol–water partition coefficient (Wildman–Crippen LogP) is 1.57. The molecule has 10 heteroatoms. The summed E-state index contributed by atoms with van der Waals surface area (Å²) in [7, 11) is 0. The Labute approximate surface area is 164 Å². The van der Waals surface area contributed by atoms with Crippen LogP contribution in [0.15, 0.2) is 40.2 Å². The second-order valence-electron chi connectivity index (χ2n) is 6.43. The number of hydrogen-bond donors (Lipinski definition) is 1. The average molecular weight is 410 g/mol. The van der Waals surface area contributed by atoms with Gasteiger partial charge in [-0.05, 0) is 23.8 Å². The van der Waals surface area contributed by atoms with E-state index >= 15 is 0 Å². The smallest absolute Gasteiger partial charge is 0.266 e. The van der Waals surface area contributed by atoms with Crippen molar-refractivity contribution in [2.45, 2.75) is 31.1 Å². The number of ether oxygens (including phenoxy) is 1. The minimum Gasteiger partial charge on any atom is -0.374 e. The van der Waals surface area contributed by atoms with Gasteiger partial charge in [0.1, 0.15) is 5.03 Å². The fourth-order valence-electron chi connectivity index (χ4n) is 2.86. The number of rotatable bonds is 6. The summed E-state index contributed by atoms with van der Waals surface area (Å²) < 4.78 is 36.1. The van der Waals surface area contributed by atoms with Gasteiger partial charge < -0.3 is 4.74 Å². The minimum absolute atomic E-state index is 0.215. The zero-order valence-corrected chi connectivity index (χ0v) is 16.0. The highest BCUT2D eigenvalue weighted by molar-refractivity contribution is 7.97. The van der Waals surface area contributed by atoms with Gasteiger partial charge in [-0.2, -0.15) is 5.10 Å². The molecule has 7 nitrogen and oxygen atoms in total. The van der Waals surface area contributed by atoms with Crippen LogP contribution in [0.5, 0.6) is 0 Å². The first-order chi connectivity index (χ1) is 13.4. The summed E-state index contributed by atoms with van der Waals surface area (Å²) in [5.74, 6) is -1.95. The van der Waals surface area contributed by atoms with Crippen molar-refractivity contribution >= 4 is 17.9 Å². The van der Waals surface area contributed by atoms with Crippen molar-refractivity contribution in [2.75, 3.05) is 19.7 Å². The van der Waals surface area contributed by atoms with Crippen LogP contribution in [-0.2, 0) is 22.6 Å². The molecule has 0 spiro atoms. The minimum atomic E-state index is -0.869. The van der Waals surface area contributed by atoms with Gasteiger partial charge in [0.15, 0.2) is 11.6 Å². The molecule has 1 atom stereocenters. The quantitative estimate of drug-likeness (QED) is 0.729. The Bertz CT molecular complexity index is 909. The van der Waals surface area contributed by atoms with Gasteiger partial charge in [0, 0.05) is 44.6 Å². The molecule has 1 aromatic carbocycles. The molecule has 1 amide bonds. The Morgan fingerprint density at radius 3 is 2.89 bits per heavy atom. The fraction of sp³-hybridized carbons (Fsp3) is 0.389. The molecule has 1 N–H and O–H groups in total. The summed E-state index contributed by atoms with van der Waals surface area (Å²) in [6, 6.07) is 6.78. The van der Waals surface area contributed by atoms with Gasteiger partial charge in [0.25, 0.3) is 5.56 Å². The summed E-state index contributed by atoms with van der Waals surface area (Å²) >= 11 is 1.03. The highest BCUT2D eigenvalue weighted by Crippen LogP contribution is 2.15. The van der Waals surface area contributed by atoms with Gasteiger partial charge in [-0.15, -0.1) is 0 Å². The molecule has 1 aliphatic heterocycles. The normalized spacial score (nSPS) is 17.5. The number of hydrogen-bond acceptors (Lipinski definition) is 6. The van der Waals surface area contributed by atoms with Crippen LogP contribution in [0.2, 0.25) is 0 Å². The number of aromatic nitrogens is 2. The second-order valence-corrected chi connectivity index (χ2v) is 7.26. The largest absolute Gasteiger partial charge is 0.374 e. The van der Waals surface area contributed by atoms with Crippen molar-refractivity contribution in [1.29, 1.82) is 0 Å². The molecule has 1 aliphatic rings. The van der Waals surface area contributed by atoms with Crippen molar-refractivity contribution in [3.63, 3.8) is 0 Å². The molecule has 1 saturated heterocycles. The van der Waals surface area contributed by atoms with Gasteiger partial charge >= 0.3 is 0 Å². The van der Waals surface area contributed by atoms with E-state index in [0.29, 0.717) is 36.8 Å². The predicted molar refractivity (Wildman–Crippen MR) is 99.5 cm³/mol. The van der Waals surface area contributed by atoms with E-state index in [0.717, 1.165) is 18.0 Å². The van der Waals surface area contributed by atoms with E-state index in [2.05, 4.69) is 14.7 Å². The Kier molecular flexibility index (Phi) is 6.76. The molecular formula is C18H20F2N4O3S. The van der Waals surface area contributed by atoms with Crippen molar-refractivity contribution in [3.8, 4) is 0 Å². The molecule has 1 fully saturated rings. The molecular weight excluding hydrogens is 390 g/mol. The van der Waals surface area contributed by atoms with E-state index in [1.165, 1.54) is 29.8 Å². The molecule has 3 rings (SSSR count). The third-order valence-electron chi connectivity index (χ3n) is 4.13. The summed E-state index contributed by atoms with van der Waals surface area (Å²) in [4.78, 5) is 25.2. The molecule has 2 heterocycles. The number of carbonyl (C=O) groups is 1. The van der Waals surface area contributed by atoms with E-state index in [1.807, 2.05) is 0 Å². The number of morpholine rings is 1. The lowest BCUT2D eigenvalue weighted by molar-refractivity contribution is -0.117. The lowest BCUT2D eigenvalue weighted by Gasteiger charge is -2.33. The van der Waals surface area contributed by atoms with Crippen LogP contribution >= 0.6 is 11.9 Å². The summed E-state index contributed by atoms with van der Waals surface area (Å²) in [6.07, 6.45) is -0.273. The topological polar surface area (TPSA) is 76.5 Å². The Morgan fingerprint density at radius 2 is 2.14 bits per heavy atom. The number of halogens is 2. The Hall–Kier alpha value is -2.30. The molecule has 150 valence electrons. The monoisotopic (exact) mass is 410 g/mol. The van der Waals surface area contributed by atoms with Crippen molar-refractivity contribution in [2.24, 2.45) is 0 Å². The van der Waals surface area contributed by atoms with Gasteiger partial charge in [-0.1, -0.05) is 6.07 Å². The maximum atomic E-state index is 13.4. The fourth-order valence-corrected chi connectivity index (χ4v) is 3.39. The summed E-state index contributed by atoms with van der Waals surface area (Å²) in [5.41, 5.74) is 0.400. The highest BCUT2D eigenvalue weighted by Gasteiger charge is 2.22. The SMILES string of the molecule is CC(=O)NSc1ccc(=O)n(C[C@@H]2CN(Cc3ccc(F)c(F)c3)CCO2)n1. The van der Waals surface area contributed by atoms with Gasteiger partial charge in [-0.25, -0.2) is 13.5 Å². The highest BCUT2D eigenvalue weighted by atomic mass is 32.2. The van der Waals surface area contributed by atoms with Crippen LogP contribution < -0.4 is 10.3 Å². The van der Waals surface area contributed by atoms with Crippen LogP contribution in [0, 0.1) is 11.6 Å². The average Bonchev–Trinajstić information content (AvgIpc) is 2.66. The zero-order valence-electron chi connectivity index (χ0n) is 15.2. The molecule has 28 heavy (non-hydrogen) atoms. The number of benzene rings is 1. The van der Waals surface area contributed by atoms with Crippen LogP contribution in [0.25, 0.3) is 0 Å². The molecule has 0 aliphatic carbocycles. The second kappa shape index (κ2) is 9.26. The van der Waals surface area contributed by atoms with Crippen LogP contribution in [0.4, 0.5) is 8.78 Å². The van der Waals surface area contributed by atoms with Gasteiger partial charge in [0.05, 0.1) is 19.3 Å². The first-order valence-corrected chi connectivity index (χ1v) is 9.52. The van der Waals surface area contributed by atoms with E-state index in [1.54, 1.807) is 6.07 Å². The molecule has 0 bridgehead atoms. The Morgan fingerprint density at radius 1 is 1.32 bits per heavy atom. The summed E-state index contributed by atoms with van der Waals surface area (Å²) in [5, 5.41) is 4.72. The van der Waals surface area contributed by atoms with Crippen LogP contribution in [0.3, 0.4) is 0 Å². The first kappa shape index (κ1) is 20.4. The number of nitrogens with one attached hydrogen (secondary N) is 1. The lowest BCUT2D eigenvalue weighted by atomic mass is 10.1. The maximum Gasteiger partial charge on any atom is 0.266 e. The summed E-state index contributed by atoms with van der Waals surface area (Å²) in [6.45, 7) is 3.73. The van der Waals surface area contributed by atoms with E-state index in [4.69, 9.17) is 4.74 Å². The lowest BCUT2D eigenvalue weighted by Crippen LogP contribution is -2.45. The van der Waals surface area contributed by atoms with E-state index < -0.39 is 11.6 Å². The van der Waals surface area contributed by atoms with E-state index in [-0.39, 0.29) is 24.1 Å². The van der Waals surface area contributed by atoms with E-state index in [9.17, 15) is 18.4 Å². The van der Waals surface area contributed by atoms with Crippen molar-refractivity contribution in [1.82, 2.24) is 19.4 Å². The first-order valence-electron chi connectivity index (χ1n) is 8.70. The number of amides is 1. The third kappa shape index (κ3) is 5.60. The molecule has 0 unspecified atom stereocenters. The van der Waals surface area contributed by atoms with Crippen molar-refractivity contribution in [3.05, 3.63) is 57.9 Å². The maximum absolute atomic E-state index is 13.4. The Balaban J connectivity index is 1.63. The zero-order chi connectivity index (χ0) is 20.1. The van der Waals surface area contributed by atoms with Crippen LogP contribution in [-0.4, -0.2) is 46.4 Å². The van der Waals surface area contributed by atoms with Crippen LogP contribution in [0.1, 0.15) is 12.5 Å². The molecule has 0 saturated carbocycles. The third-order valence-corrected chi connectivity index (χ3v) is 4.95. The molecule has 1 aromatic heterocycles. The number of carbonyl (C=O) groups excluding carboxylic acids is 1. The van der Waals surface area contributed by atoms with Crippen molar-refractivity contribution < 1.29 is 18.3 Å². The number of nitrogens with zero attached hydrogens (tertiary/aromatic N) is 3. The molecule has 0 radical (unpaired) electrons. The van der Waals surface area contributed by atoms with Gasteiger partial charge in [0.2, 0.25) is 5.91 Å². The van der Waals surface area contributed by atoms with Gasteiger partial charge in [-0.3, -0.25) is 19.2 Å².